The lowest BCUT2D eigenvalue weighted by atomic mass is 10.1. The number of nitrogens with zero attached hydrogens (tertiary/aromatic N) is 2. The van der Waals surface area contributed by atoms with Crippen LogP contribution in [0.3, 0.4) is 0 Å². The Morgan fingerprint density at radius 3 is 2.54 bits per heavy atom. The predicted molar refractivity (Wildman–Crippen MR) is 109 cm³/mol. The van der Waals surface area contributed by atoms with E-state index in [2.05, 4.69) is 21.9 Å². The average Bonchev–Trinajstić information content (AvgIpc) is 2.66. The smallest absolute Gasteiger partial charge is 0.161 e. The summed E-state index contributed by atoms with van der Waals surface area (Å²) in [5.74, 6) is 1.28. The molecule has 3 rings (SSSR count). The fourth-order valence-electron chi connectivity index (χ4n) is 3.42. The minimum Gasteiger partial charge on any atom is -0.493 e. The lowest BCUT2D eigenvalue weighted by Gasteiger charge is -2.35. The molecule has 1 unspecified atom stereocenters. The minimum absolute atomic E-state index is 0.196. The van der Waals surface area contributed by atoms with Crippen LogP contribution in [0.15, 0.2) is 48.5 Å². The van der Waals surface area contributed by atoms with Crippen LogP contribution in [0.5, 0.6) is 11.5 Å². The fraction of sp³-hybridized carbons (Fsp3) is 0.455. The maximum Gasteiger partial charge on any atom is 0.161 e. The summed E-state index contributed by atoms with van der Waals surface area (Å²) in [6.07, 6.45) is -0.815. The molecule has 6 nitrogen and oxygen atoms in total. The number of aliphatic hydroxyl groups is 2. The van der Waals surface area contributed by atoms with Gasteiger partial charge in [0.2, 0.25) is 0 Å². The molecule has 0 amide bonds. The Bertz CT molecular complexity index is 735. The lowest BCUT2D eigenvalue weighted by Crippen LogP contribution is -2.49. The summed E-state index contributed by atoms with van der Waals surface area (Å²) >= 11 is 0. The first-order chi connectivity index (χ1) is 13.5. The summed E-state index contributed by atoms with van der Waals surface area (Å²) < 4.78 is 11.3. The summed E-state index contributed by atoms with van der Waals surface area (Å²) in [7, 11) is 3.59. The van der Waals surface area contributed by atoms with Gasteiger partial charge < -0.3 is 19.7 Å². The molecule has 152 valence electrons. The third-order valence-corrected chi connectivity index (χ3v) is 4.82. The van der Waals surface area contributed by atoms with Gasteiger partial charge >= 0.3 is 0 Å². The van der Waals surface area contributed by atoms with Gasteiger partial charge in [0, 0.05) is 32.7 Å². The summed E-state index contributed by atoms with van der Waals surface area (Å²) in [4.78, 5) is 4.25. The van der Waals surface area contributed by atoms with Gasteiger partial charge in [-0.05, 0) is 30.3 Å². The van der Waals surface area contributed by atoms with Crippen LogP contribution in [0.1, 0.15) is 11.1 Å². The number of hydrogen-bond acceptors (Lipinski definition) is 6. The predicted octanol–water partition coefficient (Wildman–Crippen LogP) is 1.74. The molecule has 1 heterocycles. The second-order valence-corrected chi connectivity index (χ2v) is 7.48. The van der Waals surface area contributed by atoms with Gasteiger partial charge in [-0.2, -0.15) is 0 Å². The van der Waals surface area contributed by atoms with E-state index in [1.165, 1.54) is 5.56 Å². The van der Waals surface area contributed by atoms with E-state index < -0.39 is 6.10 Å². The Kier molecular flexibility index (Phi) is 7.28. The summed E-state index contributed by atoms with van der Waals surface area (Å²) in [5.41, 5.74) is 2.31. The van der Waals surface area contributed by atoms with E-state index in [1.807, 2.05) is 43.4 Å². The first kappa shape index (κ1) is 20.6. The molecule has 1 aliphatic heterocycles. The van der Waals surface area contributed by atoms with Crippen LogP contribution < -0.4 is 9.47 Å². The van der Waals surface area contributed by atoms with Gasteiger partial charge in [0.1, 0.15) is 12.7 Å². The molecule has 1 saturated heterocycles. The fourth-order valence-corrected chi connectivity index (χ4v) is 3.42. The number of β-amino-alcohol motifs (C(OH)–C–C–N with tert-alkyl or cyclic N) is 1. The Hall–Kier alpha value is -2.12. The number of hydrogen-bond donors (Lipinski definition) is 2. The molecule has 2 N–H and O–H groups in total. The van der Waals surface area contributed by atoms with E-state index in [1.54, 1.807) is 7.11 Å². The van der Waals surface area contributed by atoms with Crippen LogP contribution in [0.4, 0.5) is 0 Å². The highest BCUT2D eigenvalue weighted by Crippen LogP contribution is 2.29. The van der Waals surface area contributed by atoms with Crippen LogP contribution in [0.2, 0.25) is 0 Å². The summed E-state index contributed by atoms with van der Waals surface area (Å²) in [6, 6.07) is 16.0. The van der Waals surface area contributed by atoms with E-state index in [9.17, 15) is 10.2 Å². The molecule has 0 radical (unpaired) electrons. The zero-order valence-electron chi connectivity index (χ0n) is 16.6. The van der Waals surface area contributed by atoms with Crippen molar-refractivity contribution in [1.29, 1.82) is 0 Å². The Morgan fingerprint density at radius 1 is 1.11 bits per heavy atom. The van der Waals surface area contributed by atoms with Crippen LogP contribution in [0.25, 0.3) is 0 Å². The van der Waals surface area contributed by atoms with E-state index in [0.717, 1.165) is 18.7 Å². The first-order valence-corrected chi connectivity index (χ1v) is 9.64. The van der Waals surface area contributed by atoms with Gasteiger partial charge in [0.25, 0.3) is 0 Å². The number of rotatable bonds is 10. The van der Waals surface area contributed by atoms with Crippen molar-refractivity contribution in [1.82, 2.24) is 9.80 Å². The van der Waals surface area contributed by atoms with Crippen molar-refractivity contribution in [3.8, 4) is 11.5 Å². The van der Waals surface area contributed by atoms with E-state index in [-0.39, 0.29) is 12.7 Å². The number of ether oxygens (including phenoxy) is 2. The van der Waals surface area contributed by atoms with Crippen molar-refractivity contribution in [3.05, 3.63) is 59.7 Å². The molecule has 6 heteroatoms. The first-order valence-electron chi connectivity index (χ1n) is 9.64. The molecular weight excluding hydrogens is 356 g/mol. The molecule has 1 aliphatic rings. The Labute approximate surface area is 166 Å². The molecule has 0 saturated carbocycles. The van der Waals surface area contributed by atoms with E-state index in [0.29, 0.717) is 31.1 Å². The zero-order chi connectivity index (χ0) is 19.9. The van der Waals surface area contributed by atoms with Gasteiger partial charge in [-0.25, -0.2) is 0 Å². The number of benzene rings is 2. The largest absolute Gasteiger partial charge is 0.493 e. The maximum absolute atomic E-state index is 10.4. The number of aliphatic hydroxyl groups excluding tert-OH is 2. The SMILES string of the molecule is COc1ccc(CN2CC(O)C2)cc1OCC(O)CN(C)Cc1ccccc1. The third-order valence-electron chi connectivity index (χ3n) is 4.82. The zero-order valence-corrected chi connectivity index (χ0v) is 16.6. The molecular formula is C22H30N2O4. The quantitative estimate of drug-likeness (QED) is 0.649. The van der Waals surface area contributed by atoms with E-state index >= 15 is 0 Å². The topological polar surface area (TPSA) is 65.4 Å². The molecule has 0 bridgehead atoms. The molecule has 1 fully saturated rings. The van der Waals surface area contributed by atoms with Crippen LogP contribution in [-0.2, 0) is 13.1 Å². The van der Waals surface area contributed by atoms with Crippen molar-refractivity contribution >= 4 is 0 Å². The molecule has 2 aromatic rings. The average molecular weight is 386 g/mol. The highest BCUT2D eigenvalue weighted by atomic mass is 16.5. The normalized spacial score (nSPS) is 16.0. The van der Waals surface area contributed by atoms with Crippen LogP contribution >= 0.6 is 0 Å². The van der Waals surface area contributed by atoms with Crippen molar-refractivity contribution < 1.29 is 19.7 Å². The van der Waals surface area contributed by atoms with Crippen molar-refractivity contribution in [2.45, 2.75) is 25.3 Å². The van der Waals surface area contributed by atoms with Gasteiger partial charge in [0.15, 0.2) is 11.5 Å². The van der Waals surface area contributed by atoms with Gasteiger partial charge in [-0.3, -0.25) is 9.80 Å². The monoisotopic (exact) mass is 386 g/mol. The Morgan fingerprint density at radius 2 is 1.86 bits per heavy atom. The highest BCUT2D eigenvalue weighted by molar-refractivity contribution is 5.43. The highest BCUT2D eigenvalue weighted by Gasteiger charge is 2.24. The van der Waals surface area contributed by atoms with Crippen LogP contribution in [0, 0.1) is 0 Å². The minimum atomic E-state index is -0.604. The second-order valence-electron chi connectivity index (χ2n) is 7.48. The van der Waals surface area contributed by atoms with Gasteiger partial charge in [-0.15, -0.1) is 0 Å². The van der Waals surface area contributed by atoms with Crippen molar-refractivity contribution in [2.24, 2.45) is 0 Å². The molecule has 1 atom stereocenters. The molecule has 0 spiro atoms. The second kappa shape index (κ2) is 9.89. The number of methoxy groups -OCH3 is 1. The van der Waals surface area contributed by atoms with Gasteiger partial charge in [0.05, 0.1) is 13.2 Å². The lowest BCUT2D eigenvalue weighted by molar-refractivity contribution is -0.00293. The van der Waals surface area contributed by atoms with Gasteiger partial charge in [-0.1, -0.05) is 36.4 Å². The maximum atomic E-state index is 10.4. The molecule has 0 aromatic heterocycles. The molecule has 2 aromatic carbocycles. The summed E-state index contributed by atoms with van der Waals surface area (Å²) in [6.45, 7) is 3.66. The third kappa shape index (κ3) is 5.94. The number of likely N-dealkylation sites (N-methyl/N-ethyl adjacent to an activating group) is 1. The number of likely N-dealkylation sites (tertiary alicyclic amines) is 1. The summed E-state index contributed by atoms with van der Waals surface area (Å²) in [5, 5.41) is 19.8. The van der Waals surface area contributed by atoms with Crippen molar-refractivity contribution in [2.75, 3.05) is 40.4 Å². The molecule has 0 aliphatic carbocycles. The molecule has 28 heavy (non-hydrogen) atoms. The van der Waals surface area contributed by atoms with E-state index in [4.69, 9.17) is 9.47 Å². The standard InChI is InChI=1S/C22H30N2O4/c1-23(11-17-6-4-3-5-7-17)13-20(26)16-28-22-10-18(8-9-21(22)27-2)12-24-14-19(25)15-24/h3-10,19-20,25-26H,11-16H2,1-2H3. The van der Waals surface area contributed by atoms with Crippen LogP contribution in [-0.4, -0.2) is 72.6 Å². The Balaban J connectivity index is 1.50. The van der Waals surface area contributed by atoms with Crippen molar-refractivity contribution in [3.63, 3.8) is 0 Å².